The Labute approximate surface area is 146 Å². The van der Waals surface area contributed by atoms with Crippen molar-refractivity contribution in [3.63, 3.8) is 0 Å². The molecule has 0 aliphatic heterocycles. The van der Waals surface area contributed by atoms with Crippen LogP contribution in [0.2, 0.25) is 5.02 Å². The van der Waals surface area contributed by atoms with Crippen molar-refractivity contribution in [3.05, 3.63) is 79.9 Å². The SMILES string of the molecule is O=c1[nH]c(=S)n(-c2cccc(Cl)c2)c(O)c1C=C=Cc1ccco1. The van der Waals surface area contributed by atoms with Gasteiger partial charge in [-0.1, -0.05) is 17.7 Å². The van der Waals surface area contributed by atoms with Crippen LogP contribution in [0.3, 0.4) is 0 Å². The maximum absolute atomic E-state index is 12.1. The van der Waals surface area contributed by atoms with Crippen molar-refractivity contribution < 1.29 is 9.52 Å². The Morgan fingerprint density at radius 1 is 1.29 bits per heavy atom. The number of aromatic hydroxyl groups is 1. The van der Waals surface area contributed by atoms with Crippen LogP contribution in [0, 0.1) is 4.77 Å². The van der Waals surface area contributed by atoms with E-state index < -0.39 is 5.56 Å². The fourth-order valence-corrected chi connectivity index (χ4v) is 2.57. The molecule has 3 aromatic rings. The number of furan rings is 1. The molecule has 0 unspecified atom stereocenters. The van der Waals surface area contributed by atoms with Gasteiger partial charge in [-0.05, 0) is 48.6 Å². The van der Waals surface area contributed by atoms with E-state index in [4.69, 9.17) is 28.2 Å². The monoisotopic (exact) mass is 358 g/mol. The van der Waals surface area contributed by atoms with Crippen molar-refractivity contribution in [1.29, 1.82) is 0 Å². The normalized spacial score (nSPS) is 10.2. The number of aromatic amines is 1. The molecular weight excluding hydrogens is 348 g/mol. The van der Waals surface area contributed by atoms with Crippen molar-refractivity contribution in [2.45, 2.75) is 0 Å². The van der Waals surface area contributed by atoms with Gasteiger partial charge in [0.25, 0.3) is 5.56 Å². The lowest BCUT2D eigenvalue weighted by Gasteiger charge is -2.11. The molecule has 24 heavy (non-hydrogen) atoms. The predicted octanol–water partition coefficient (Wildman–Crippen LogP) is 4.17. The minimum Gasteiger partial charge on any atom is -0.494 e. The van der Waals surface area contributed by atoms with E-state index in [0.29, 0.717) is 16.5 Å². The number of nitrogens with zero attached hydrogens (tertiary/aromatic N) is 1. The highest BCUT2D eigenvalue weighted by Crippen LogP contribution is 2.22. The summed E-state index contributed by atoms with van der Waals surface area (Å²) < 4.78 is 6.52. The molecule has 2 heterocycles. The summed E-state index contributed by atoms with van der Waals surface area (Å²) in [7, 11) is 0. The van der Waals surface area contributed by atoms with Gasteiger partial charge in [0.05, 0.1) is 12.0 Å². The van der Waals surface area contributed by atoms with Gasteiger partial charge in [-0.2, -0.15) is 0 Å². The summed E-state index contributed by atoms with van der Waals surface area (Å²) in [5, 5.41) is 11.0. The maximum atomic E-state index is 12.1. The number of rotatable bonds is 3. The van der Waals surface area contributed by atoms with Gasteiger partial charge >= 0.3 is 0 Å². The molecule has 0 atom stereocenters. The van der Waals surface area contributed by atoms with Crippen LogP contribution in [0.25, 0.3) is 17.8 Å². The first kappa shape index (κ1) is 16.1. The van der Waals surface area contributed by atoms with Gasteiger partial charge in [-0.3, -0.25) is 14.3 Å². The third-order valence-electron chi connectivity index (χ3n) is 3.18. The van der Waals surface area contributed by atoms with Crippen molar-refractivity contribution in [2.75, 3.05) is 0 Å². The molecule has 0 aliphatic carbocycles. The lowest BCUT2D eigenvalue weighted by molar-refractivity contribution is 0.432. The number of hydrogen-bond donors (Lipinski definition) is 2. The van der Waals surface area contributed by atoms with Crippen LogP contribution in [0.5, 0.6) is 5.88 Å². The molecule has 120 valence electrons. The minimum absolute atomic E-state index is 0.0198. The second-order valence-electron chi connectivity index (χ2n) is 4.78. The number of aromatic nitrogens is 2. The quantitative estimate of drug-likeness (QED) is 0.544. The van der Waals surface area contributed by atoms with Crippen LogP contribution >= 0.6 is 23.8 Å². The Balaban J connectivity index is 2.15. The smallest absolute Gasteiger partial charge is 0.263 e. The Morgan fingerprint density at radius 3 is 2.83 bits per heavy atom. The van der Waals surface area contributed by atoms with Gasteiger partial charge in [-0.15, -0.1) is 5.73 Å². The fraction of sp³-hybridized carbons (Fsp3) is 0. The third-order valence-corrected chi connectivity index (χ3v) is 3.70. The molecule has 0 aliphatic rings. The molecule has 0 fully saturated rings. The Hall–Kier alpha value is -2.79. The molecule has 3 rings (SSSR count). The highest BCUT2D eigenvalue weighted by Gasteiger charge is 2.12. The highest BCUT2D eigenvalue weighted by molar-refractivity contribution is 7.71. The zero-order valence-electron chi connectivity index (χ0n) is 12.2. The van der Waals surface area contributed by atoms with Gasteiger partial charge in [0, 0.05) is 11.1 Å². The lowest BCUT2D eigenvalue weighted by atomic mass is 10.2. The highest BCUT2D eigenvalue weighted by atomic mass is 35.5. The van der Waals surface area contributed by atoms with E-state index >= 15 is 0 Å². The first-order valence-corrected chi connectivity index (χ1v) is 7.65. The van der Waals surface area contributed by atoms with Crippen LogP contribution in [-0.2, 0) is 0 Å². The zero-order chi connectivity index (χ0) is 17.1. The molecule has 5 nitrogen and oxygen atoms in total. The van der Waals surface area contributed by atoms with Crippen LogP contribution in [0.15, 0.2) is 57.6 Å². The average Bonchev–Trinajstić information content (AvgIpc) is 3.03. The van der Waals surface area contributed by atoms with Crippen LogP contribution < -0.4 is 5.56 Å². The van der Waals surface area contributed by atoms with Crippen molar-refractivity contribution in [3.8, 4) is 11.6 Å². The van der Waals surface area contributed by atoms with Crippen molar-refractivity contribution in [2.24, 2.45) is 0 Å². The maximum Gasteiger partial charge on any atom is 0.263 e. The van der Waals surface area contributed by atoms with Gasteiger partial charge in [0.15, 0.2) is 4.77 Å². The molecule has 2 N–H and O–H groups in total. The van der Waals surface area contributed by atoms with Crippen molar-refractivity contribution in [1.82, 2.24) is 9.55 Å². The molecular formula is C17H11ClN2O3S. The summed E-state index contributed by atoms with van der Waals surface area (Å²) in [5.41, 5.74) is 2.83. The van der Waals surface area contributed by atoms with E-state index in [1.165, 1.54) is 16.9 Å². The van der Waals surface area contributed by atoms with Crippen molar-refractivity contribution >= 4 is 36.0 Å². The van der Waals surface area contributed by atoms with E-state index in [0.717, 1.165) is 0 Å². The predicted molar refractivity (Wildman–Crippen MR) is 95.0 cm³/mol. The average molecular weight is 359 g/mol. The van der Waals surface area contributed by atoms with Crippen LogP contribution in [0.4, 0.5) is 0 Å². The van der Waals surface area contributed by atoms with Gasteiger partial charge < -0.3 is 9.52 Å². The molecule has 2 aromatic heterocycles. The Kier molecular flexibility index (Phi) is 4.53. The summed E-state index contributed by atoms with van der Waals surface area (Å²) >= 11 is 11.1. The van der Waals surface area contributed by atoms with E-state index in [1.807, 2.05) is 0 Å². The Bertz CT molecular complexity index is 1060. The lowest BCUT2D eigenvalue weighted by Crippen LogP contribution is -2.15. The standard InChI is InChI=1S/C17H11ClN2O3S/c18-11-4-1-5-12(10-11)20-16(22)14(15(21)19-17(20)24)8-2-6-13-7-3-9-23-13/h1,3-10,22H,(H,19,21,24). The summed E-state index contributed by atoms with van der Waals surface area (Å²) in [4.78, 5) is 14.6. The largest absolute Gasteiger partial charge is 0.494 e. The number of nitrogens with one attached hydrogen (secondary N) is 1. The van der Waals surface area contributed by atoms with E-state index in [1.54, 1.807) is 42.5 Å². The molecule has 0 spiro atoms. The molecule has 1 aromatic carbocycles. The Morgan fingerprint density at radius 2 is 2.12 bits per heavy atom. The molecule has 0 bridgehead atoms. The van der Waals surface area contributed by atoms with Gasteiger partial charge in [0.2, 0.25) is 5.88 Å². The topological polar surface area (TPSA) is 71.2 Å². The fourth-order valence-electron chi connectivity index (χ4n) is 2.10. The number of benzene rings is 1. The van der Waals surface area contributed by atoms with E-state index in [9.17, 15) is 9.90 Å². The van der Waals surface area contributed by atoms with Gasteiger partial charge in [0.1, 0.15) is 11.3 Å². The van der Waals surface area contributed by atoms with E-state index in [-0.39, 0.29) is 16.2 Å². The number of hydrogen-bond acceptors (Lipinski definition) is 4. The number of H-pyrrole nitrogens is 1. The second-order valence-corrected chi connectivity index (χ2v) is 5.61. The summed E-state index contributed by atoms with van der Waals surface area (Å²) in [5.74, 6) is 0.274. The van der Waals surface area contributed by atoms with Crippen LogP contribution in [-0.4, -0.2) is 14.7 Å². The summed E-state index contributed by atoms with van der Waals surface area (Å²) in [6.07, 6.45) is 4.42. The van der Waals surface area contributed by atoms with E-state index in [2.05, 4.69) is 10.7 Å². The molecule has 0 radical (unpaired) electrons. The third kappa shape index (κ3) is 3.26. The summed E-state index contributed by atoms with van der Waals surface area (Å²) in [6, 6.07) is 10.2. The number of halogens is 1. The minimum atomic E-state index is -0.517. The second kappa shape index (κ2) is 6.76. The summed E-state index contributed by atoms with van der Waals surface area (Å²) in [6.45, 7) is 0. The zero-order valence-corrected chi connectivity index (χ0v) is 13.8. The molecule has 0 saturated carbocycles. The van der Waals surface area contributed by atoms with Gasteiger partial charge in [-0.25, -0.2) is 0 Å². The molecule has 7 heteroatoms. The first-order chi connectivity index (χ1) is 11.6. The van der Waals surface area contributed by atoms with Crippen LogP contribution in [0.1, 0.15) is 11.3 Å². The molecule has 0 amide bonds. The molecule has 0 saturated heterocycles. The first-order valence-electron chi connectivity index (χ1n) is 6.86.